The minimum atomic E-state index is -0.362. The molecule has 3 nitrogen and oxygen atoms in total. The number of hydrogen-bond acceptors (Lipinski definition) is 3. The van der Waals surface area contributed by atoms with E-state index in [2.05, 4.69) is 5.32 Å². The van der Waals surface area contributed by atoms with Crippen LogP contribution >= 0.6 is 23.2 Å². The summed E-state index contributed by atoms with van der Waals surface area (Å²) in [5.74, 6) is -0.362. The third-order valence-corrected chi connectivity index (χ3v) is 3.74. The number of methoxy groups -OCH3 is 1. The van der Waals surface area contributed by atoms with E-state index in [0.717, 1.165) is 16.8 Å². The molecule has 0 aliphatic carbocycles. The Hall–Kier alpha value is -1.71. The molecule has 0 bridgehead atoms. The highest BCUT2D eigenvalue weighted by Gasteiger charge is 2.08. The topological polar surface area (TPSA) is 38.3 Å². The van der Waals surface area contributed by atoms with E-state index in [4.69, 9.17) is 27.9 Å². The van der Waals surface area contributed by atoms with Gasteiger partial charge < -0.3 is 10.1 Å². The third-order valence-electron chi connectivity index (χ3n) is 3.14. The van der Waals surface area contributed by atoms with Crippen molar-refractivity contribution >= 4 is 34.9 Å². The van der Waals surface area contributed by atoms with Crippen molar-refractivity contribution in [1.29, 1.82) is 0 Å². The molecule has 0 atom stereocenters. The molecule has 2 aromatic carbocycles. The average molecular weight is 324 g/mol. The Morgan fingerprint density at radius 1 is 1.19 bits per heavy atom. The van der Waals surface area contributed by atoms with E-state index in [1.165, 1.54) is 7.11 Å². The first-order valence-corrected chi connectivity index (χ1v) is 7.13. The molecule has 2 aromatic rings. The van der Waals surface area contributed by atoms with Crippen molar-refractivity contribution in [3.05, 3.63) is 63.1 Å². The van der Waals surface area contributed by atoms with Gasteiger partial charge in [0.1, 0.15) is 0 Å². The largest absolute Gasteiger partial charge is 0.465 e. The number of hydrogen-bond donors (Lipinski definition) is 1. The van der Waals surface area contributed by atoms with Crippen LogP contribution in [0.5, 0.6) is 0 Å². The zero-order valence-corrected chi connectivity index (χ0v) is 13.3. The summed E-state index contributed by atoms with van der Waals surface area (Å²) in [5.41, 5.74) is 3.28. The molecule has 0 aromatic heterocycles. The molecule has 0 heterocycles. The standard InChI is InChI=1S/C16H15Cl2NO2/c1-10-3-4-11(16(20)21-2)8-15(10)19-9-12-7-13(17)5-6-14(12)18/h3-8,19H,9H2,1-2H3. The van der Waals surface area contributed by atoms with Crippen molar-refractivity contribution in [2.24, 2.45) is 0 Å². The van der Waals surface area contributed by atoms with Crippen LogP contribution in [0.1, 0.15) is 21.5 Å². The Bertz CT molecular complexity index is 671. The van der Waals surface area contributed by atoms with Crippen LogP contribution < -0.4 is 5.32 Å². The van der Waals surface area contributed by atoms with Crippen molar-refractivity contribution in [2.75, 3.05) is 12.4 Å². The molecule has 2 rings (SSSR count). The van der Waals surface area contributed by atoms with Crippen molar-refractivity contribution < 1.29 is 9.53 Å². The van der Waals surface area contributed by atoms with Gasteiger partial charge in [-0.25, -0.2) is 4.79 Å². The molecule has 110 valence electrons. The number of aryl methyl sites for hydroxylation is 1. The van der Waals surface area contributed by atoms with Gasteiger partial charge in [-0.15, -0.1) is 0 Å². The zero-order valence-electron chi connectivity index (χ0n) is 11.7. The minimum Gasteiger partial charge on any atom is -0.465 e. The summed E-state index contributed by atoms with van der Waals surface area (Å²) in [7, 11) is 1.36. The smallest absolute Gasteiger partial charge is 0.337 e. The molecule has 0 unspecified atom stereocenters. The normalized spacial score (nSPS) is 10.3. The first-order valence-electron chi connectivity index (χ1n) is 6.38. The number of halogens is 2. The summed E-state index contributed by atoms with van der Waals surface area (Å²) < 4.78 is 4.72. The number of benzene rings is 2. The molecule has 0 aliphatic heterocycles. The number of esters is 1. The van der Waals surface area contributed by atoms with E-state index in [1.54, 1.807) is 24.3 Å². The predicted molar refractivity (Wildman–Crippen MR) is 86.3 cm³/mol. The van der Waals surface area contributed by atoms with E-state index in [9.17, 15) is 4.79 Å². The second kappa shape index (κ2) is 6.83. The molecular formula is C16H15Cl2NO2. The number of rotatable bonds is 4. The fourth-order valence-electron chi connectivity index (χ4n) is 1.93. The van der Waals surface area contributed by atoms with E-state index < -0.39 is 0 Å². The van der Waals surface area contributed by atoms with Gasteiger partial charge in [0.05, 0.1) is 12.7 Å². The van der Waals surface area contributed by atoms with Crippen LogP contribution in [-0.4, -0.2) is 13.1 Å². The first kappa shape index (κ1) is 15.7. The van der Waals surface area contributed by atoms with E-state index in [0.29, 0.717) is 22.2 Å². The van der Waals surface area contributed by atoms with Crippen LogP contribution in [0.15, 0.2) is 36.4 Å². The molecule has 21 heavy (non-hydrogen) atoms. The lowest BCUT2D eigenvalue weighted by Crippen LogP contribution is -2.05. The SMILES string of the molecule is COC(=O)c1ccc(C)c(NCc2cc(Cl)ccc2Cl)c1. The average Bonchev–Trinajstić information content (AvgIpc) is 2.48. The third kappa shape index (κ3) is 3.90. The van der Waals surface area contributed by atoms with Gasteiger partial charge in [-0.2, -0.15) is 0 Å². The van der Waals surface area contributed by atoms with E-state index in [-0.39, 0.29) is 5.97 Å². The van der Waals surface area contributed by atoms with Gasteiger partial charge in [0, 0.05) is 22.3 Å². The Balaban J connectivity index is 2.19. The maximum absolute atomic E-state index is 11.6. The van der Waals surface area contributed by atoms with Gasteiger partial charge in [0.15, 0.2) is 0 Å². The molecule has 0 amide bonds. The summed E-state index contributed by atoms with van der Waals surface area (Å²) in [6, 6.07) is 10.7. The lowest BCUT2D eigenvalue weighted by Gasteiger charge is -2.12. The first-order chi connectivity index (χ1) is 10.0. The highest BCUT2D eigenvalue weighted by molar-refractivity contribution is 6.33. The lowest BCUT2D eigenvalue weighted by molar-refractivity contribution is 0.0601. The number of carbonyl (C=O) groups excluding carboxylic acids is 1. The van der Waals surface area contributed by atoms with E-state index >= 15 is 0 Å². The molecule has 0 radical (unpaired) electrons. The van der Waals surface area contributed by atoms with Crippen LogP contribution in [0.2, 0.25) is 10.0 Å². The van der Waals surface area contributed by atoms with Gasteiger partial charge in [-0.3, -0.25) is 0 Å². The molecule has 0 fully saturated rings. The summed E-state index contributed by atoms with van der Waals surface area (Å²) in [4.78, 5) is 11.6. The highest BCUT2D eigenvalue weighted by atomic mass is 35.5. The Morgan fingerprint density at radius 2 is 1.95 bits per heavy atom. The fourth-order valence-corrected chi connectivity index (χ4v) is 2.31. The van der Waals surface area contributed by atoms with Gasteiger partial charge in [0.25, 0.3) is 0 Å². The molecule has 0 saturated carbocycles. The highest BCUT2D eigenvalue weighted by Crippen LogP contribution is 2.23. The number of nitrogens with one attached hydrogen (secondary N) is 1. The molecule has 0 saturated heterocycles. The second-order valence-corrected chi connectivity index (χ2v) is 5.45. The van der Waals surface area contributed by atoms with Gasteiger partial charge >= 0.3 is 5.97 Å². The lowest BCUT2D eigenvalue weighted by atomic mass is 10.1. The molecule has 5 heteroatoms. The molecule has 1 N–H and O–H groups in total. The minimum absolute atomic E-state index is 0.362. The van der Waals surface area contributed by atoms with Crippen molar-refractivity contribution in [3.63, 3.8) is 0 Å². The van der Waals surface area contributed by atoms with Crippen LogP contribution in [0, 0.1) is 6.92 Å². The molecular weight excluding hydrogens is 309 g/mol. The zero-order chi connectivity index (χ0) is 15.4. The monoisotopic (exact) mass is 323 g/mol. The van der Waals surface area contributed by atoms with Gasteiger partial charge in [-0.1, -0.05) is 29.3 Å². The van der Waals surface area contributed by atoms with Crippen molar-refractivity contribution in [2.45, 2.75) is 13.5 Å². The molecule has 0 aliphatic rings. The maximum Gasteiger partial charge on any atom is 0.337 e. The van der Waals surface area contributed by atoms with Crippen LogP contribution in [0.25, 0.3) is 0 Å². The summed E-state index contributed by atoms with van der Waals surface area (Å²) in [6.45, 7) is 2.48. The number of carbonyl (C=O) groups is 1. The Morgan fingerprint density at radius 3 is 2.67 bits per heavy atom. The number of anilines is 1. The van der Waals surface area contributed by atoms with Crippen LogP contribution in [-0.2, 0) is 11.3 Å². The van der Waals surface area contributed by atoms with Gasteiger partial charge in [0.2, 0.25) is 0 Å². The van der Waals surface area contributed by atoms with Crippen LogP contribution in [0.4, 0.5) is 5.69 Å². The Kier molecular flexibility index (Phi) is 5.10. The summed E-state index contributed by atoms with van der Waals surface area (Å²) >= 11 is 12.1. The Labute approximate surface area is 133 Å². The quantitative estimate of drug-likeness (QED) is 0.829. The number of ether oxygens (including phenoxy) is 1. The molecule has 0 spiro atoms. The second-order valence-electron chi connectivity index (χ2n) is 4.61. The predicted octanol–water partition coefficient (Wildman–Crippen LogP) is 4.70. The summed E-state index contributed by atoms with van der Waals surface area (Å²) in [5, 5.41) is 4.55. The fraction of sp³-hybridized carbons (Fsp3) is 0.188. The maximum atomic E-state index is 11.6. The van der Waals surface area contributed by atoms with Crippen molar-refractivity contribution in [3.8, 4) is 0 Å². The van der Waals surface area contributed by atoms with Crippen LogP contribution in [0.3, 0.4) is 0 Å². The van der Waals surface area contributed by atoms with Gasteiger partial charge in [-0.05, 0) is 48.4 Å². The van der Waals surface area contributed by atoms with Crippen molar-refractivity contribution in [1.82, 2.24) is 0 Å². The summed E-state index contributed by atoms with van der Waals surface area (Å²) in [6.07, 6.45) is 0. The van der Waals surface area contributed by atoms with E-state index in [1.807, 2.05) is 19.1 Å².